The van der Waals surface area contributed by atoms with Gasteiger partial charge < -0.3 is 9.64 Å². The lowest BCUT2D eigenvalue weighted by molar-refractivity contribution is 0.205. The van der Waals surface area contributed by atoms with Gasteiger partial charge in [-0.25, -0.2) is 9.59 Å². The maximum atomic E-state index is 12.4. The van der Waals surface area contributed by atoms with Gasteiger partial charge in [-0.05, 0) is 42.3 Å². The minimum absolute atomic E-state index is 0.428. The number of aromatic nitrogens is 4. The van der Waals surface area contributed by atoms with Crippen LogP contribution in [0.15, 0.2) is 29.1 Å². The summed E-state index contributed by atoms with van der Waals surface area (Å²) in [4.78, 5) is 26.3. The minimum atomic E-state index is -0.593. The van der Waals surface area contributed by atoms with Crippen LogP contribution in [0.3, 0.4) is 0 Å². The normalized spacial score (nSPS) is 14.3. The van der Waals surface area contributed by atoms with Crippen LogP contribution >= 0.6 is 0 Å². The van der Waals surface area contributed by atoms with Gasteiger partial charge in [0.1, 0.15) is 11.4 Å². The Kier molecular flexibility index (Phi) is 3.90. The average molecular weight is 303 g/mol. The Morgan fingerprint density at radius 3 is 2.68 bits per heavy atom. The third kappa shape index (κ3) is 2.47. The molecule has 1 amide bonds. The number of ether oxygens (including phenoxy) is 1. The number of para-hydroxylation sites is 2. The van der Waals surface area contributed by atoms with Crippen molar-refractivity contribution in [1.82, 2.24) is 24.7 Å². The van der Waals surface area contributed by atoms with Crippen LogP contribution in [0.1, 0.15) is 19.8 Å². The van der Waals surface area contributed by atoms with Crippen molar-refractivity contribution in [1.29, 1.82) is 0 Å². The van der Waals surface area contributed by atoms with Crippen LogP contribution in [0.5, 0.6) is 5.75 Å². The Morgan fingerprint density at radius 1 is 1.23 bits per heavy atom. The molecule has 1 saturated heterocycles. The molecular formula is C14H17N5O3. The molecule has 0 spiro atoms. The number of rotatable bonds is 3. The van der Waals surface area contributed by atoms with E-state index in [9.17, 15) is 9.59 Å². The zero-order valence-electron chi connectivity index (χ0n) is 12.3. The molecule has 1 aliphatic rings. The number of amides is 1. The standard InChI is InChI=1S/C14H17N5O3/c1-2-22-12-8-4-3-7-11(12)18-14(21)19(16-15-18)13(20)17-9-5-6-10-17/h3-4,7-8H,2,5-6,9-10H2,1H3. The Labute approximate surface area is 126 Å². The van der Waals surface area contributed by atoms with Crippen LogP contribution in [0.2, 0.25) is 0 Å². The second-order valence-electron chi connectivity index (χ2n) is 4.96. The molecule has 3 rings (SSSR count). The summed E-state index contributed by atoms with van der Waals surface area (Å²) in [6.07, 6.45) is 1.89. The fourth-order valence-electron chi connectivity index (χ4n) is 2.47. The lowest BCUT2D eigenvalue weighted by atomic mass is 10.3. The van der Waals surface area contributed by atoms with Crippen molar-refractivity contribution < 1.29 is 9.53 Å². The molecule has 0 bridgehead atoms. The molecule has 0 saturated carbocycles. The summed E-state index contributed by atoms with van der Waals surface area (Å²) in [5.41, 5.74) is -0.126. The minimum Gasteiger partial charge on any atom is -0.492 e. The highest BCUT2D eigenvalue weighted by molar-refractivity contribution is 5.75. The maximum Gasteiger partial charge on any atom is 0.377 e. The van der Waals surface area contributed by atoms with Crippen LogP contribution in [0.25, 0.3) is 5.69 Å². The zero-order valence-corrected chi connectivity index (χ0v) is 12.3. The van der Waals surface area contributed by atoms with E-state index in [1.807, 2.05) is 6.92 Å². The van der Waals surface area contributed by atoms with Gasteiger partial charge in [0.05, 0.1) is 6.61 Å². The van der Waals surface area contributed by atoms with Crippen LogP contribution in [-0.4, -0.2) is 50.4 Å². The number of likely N-dealkylation sites (tertiary alicyclic amines) is 1. The predicted octanol–water partition coefficient (Wildman–Crippen LogP) is 0.892. The summed E-state index contributed by atoms with van der Waals surface area (Å²) in [5.74, 6) is 0.521. The number of hydrogen-bond donors (Lipinski definition) is 0. The number of nitrogens with zero attached hydrogens (tertiary/aromatic N) is 5. The van der Waals surface area contributed by atoms with Crippen molar-refractivity contribution in [3.05, 3.63) is 34.7 Å². The summed E-state index contributed by atoms with van der Waals surface area (Å²) >= 11 is 0. The molecule has 1 aromatic carbocycles. The molecule has 0 radical (unpaired) electrons. The highest BCUT2D eigenvalue weighted by atomic mass is 16.5. The fourth-order valence-corrected chi connectivity index (χ4v) is 2.47. The van der Waals surface area contributed by atoms with Crippen LogP contribution < -0.4 is 10.4 Å². The van der Waals surface area contributed by atoms with Gasteiger partial charge in [-0.1, -0.05) is 12.1 Å². The summed E-state index contributed by atoms with van der Waals surface area (Å²) in [5, 5.41) is 7.52. The topological polar surface area (TPSA) is 82.2 Å². The Hall–Kier alpha value is -2.64. The summed E-state index contributed by atoms with van der Waals surface area (Å²) < 4.78 is 7.37. The third-order valence-corrected chi connectivity index (χ3v) is 3.53. The SMILES string of the molecule is CCOc1ccccc1-n1nnn(C(=O)N2CCCC2)c1=O. The van der Waals surface area contributed by atoms with Crippen LogP contribution in [0, 0.1) is 0 Å². The first-order valence-electron chi connectivity index (χ1n) is 7.29. The van der Waals surface area contributed by atoms with Gasteiger partial charge in [0.2, 0.25) is 0 Å². The first-order valence-corrected chi connectivity index (χ1v) is 7.29. The van der Waals surface area contributed by atoms with E-state index in [-0.39, 0.29) is 0 Å². The van der Waals surface area contributed by atoms with E-state index in [0.29, 0.717) is 31.1 Å². The summed E-state index contributed by atoms with van der Waals surface area (Å²) in [7, 11) is 0. The first-order chi connectivity index (χ1) is 10.7. The van der Waals surface area contributed by atoms with E-state index in [1.54, 1.807) is 29.2 Å². The lowest BCUT2D eigenvalue weighted by Gasteiger charge is -2.12. The largest absolute Gasteiger partial charge is 0.492 e. The maximum absolute atomic E-state index is 12.4. The summed E-state index contributed by atoms with van der Waals surface area (Å²) in [6, 6.07) is 6.59. The second-order valence-corrected chi connectivity index (χ2v) is 4.96. The average Bonchev–Trinajstić information content (AvgIpc) is 3.17. The molecule has 8 heteroatoms. The molecule has 0 N–H and O–H groups in total. The molecule has 1 fully saturated rings. The van der Waals surface area contributed by atoms with Gasteiger partial charge in [0.15, 0.2) is 0 Å². The van der Waals surface area contributed by atoms with E-state index < -0.39 is 11.7 Å². The monoisotopic (exact) mass is 303 g/mol. The molecule has 8 nitrogen and oxygen atoms in total. The number of benzene rings is 1. The molecule has 2 aromatic rings. The van der Waals surface area contributed by atoms with Crippen molar-refractivity contribution in [2.24, 2.45) is 0 Å². The molecule has 116 valence electrons. The van der Waals surface area contributed by atoms with Crippen molar-refractivity contribution in [3.8, 4) is 11.4 Å². The van der Waals surface area contributed by atoms with E-state index in [1.165, 1.54) is 0 Å². The lowest BCUT2D eigenvalue weighted by Crippen LogP contribution is -2.39. The molecule has 0 atom stereocenters. The van der Waals surface area contributed by atoms with Gasteiger partial charge in [-0.15, -0.1) is 4.68 Å². The Bertz CT molecular complexity index is 730. The fraction of sp³-hybridized carbons (Fsp3) is 0.429. The first kappa shape index (κ1) is 14.3. The third-order valence-electron chi connectivity index (χ3n) is 3.53. The molecule has 0 aliphatic carbocycles. The summed E-state index contributed by atoms with van der Waals surface area (Å²) in [6.45, 7) is 3.61. The van der Waals surface area contributed by atoms with Gasteiger partial charge >= 0.3 is 11.7 Å². The number of carbonyl (C=O) groups excluding carboxylic acids is 1. The van der Waals surface area contributed by atoms with Gasteiger partial charge in [-0.2, -0.15) is 4.68 Å². The van der Waals surface area contributed by atoms with Crippen molar-refractivity contribution in [2.75, 3.05) is 19.7 Å². The number of carbonyl (C=O) groups is 1. The predicted molar refractivity (Wildman–Crippen MR) is 78.4 cm³/mol. The van der Waals surface area contributed by atoms with Crippen molar-refractivity contribution in [3.63, 3.8) is 0 Å². The van der Waals surface area contributed by atoms with E-state index in [4.69, 9.17) is 4.74 Å². The van der Waals surface area contributed by atoms with Crippen LogP contribution in [-0.2, 0) is 0 Å². The van der Waals surface area contributed by atoms with Gasteiger partial charge in [0.25, 0.3) is 0 Å². The molecule has 22 heavy (non-hydrogen) atoms. The van der Waals surface area contributed by atoms with E-state index >= 15 is 0 Å². The van der Waals surface area contributed by atoms with Crippen LogP contribution in [0.4, 0.5) is 4.79 Å². The number of hydrogen-bond acceptors (Lipinski definition) is 5. The van der Waals surface area contributed by atoms with E-state index in [2.05, 4.69) is 10.4 Å². The molecule has 2 heterocycles. The molecule has 1 aromatic heterocycles. The Balaban J connectivity index is 1.97. The van der Waals surface area contributed by atoms with Crippen molar-refractivity contribution >= 4 is 6.03 Å². The molecular weight excluding hydrogens is 286 g/mol. The number of tetrazole rings is 1. The van der Waals surface area contributed by atoms with Gasteiger partial charge in [0, 0.05) is 13.1 Å². The second kappa shape index (κ2) is 6.00. The molecule has 0 unspecified atom stereocenters. The van der Waals surface area contributed by atoms with Crippen molar-refractivity contribution in [2.45, 2.75) is 19.8 Å². The zero-order chi connectivity index (χ0) is 15.5. The highest BCUT2D eigenvalue weighted by Crippen LogP contribution is 2.20. The highest BCUT2D eigenvalue weighted by Gasteiger charge is 2.24. The van der Waals surface area contributed by atoms with Gasteiger partial charge in [-0.3, -0.25) is 0 Å². The smallest absolute Gasteiger partial charge is 0.377 e. The molecule has 1 aliphatic heterocycles. The Morgan fingerprint density at radius 2 is 1.95 bits per heavy atom. The quantitative estimate of drug-likeness (QED) is 0.787. The van der Waals surface area contributed by atoms with E-state index in [0.717, 1.165) is 22.2 Å².